The van der Waals surface area contributed by atoms with E-state index < -0.39 is 0 Å². The van der Waals surface area contributed by atoms with Crippen LogP contribution in [0.15, 0.2) is 29.9 Å². The minimum atomic E-state index is 0.880. The topological polar surface area (TPSA) is 24.4 Å². The van der Waals surface area contributed by atoms with Crippen LogP contribution >= 0.6 is 0 Å². The van der Waals surface area contributed by atoms with Gasteiger partial charge in [-0.05, 0) is 0 Å². The van der Waals surface area contributed by atoms with Crippen LogP contribution in [0.5, 0.6) is 0 Å². The molecular weight excluding hydrogens is 147 g/mol. The number of benzene rings is 1. The lowest BCUT2D eigenvalue weighted by Crippen LogP contribution is -2.20. The lowest BCUT2D eigenvalue weighted by atomic mass is 9.86. The van der Waals surface area contributed by atoms with Gasteiger partial charge in [0.1, 0.15) is 7.85 Å². The summed E-state index contributed by atoms with van der Waals surface area (Å²) in [6, 6.07) is 6.14. The third kappa shape index (κ3) is 0.943. The van der Waals surface area contributed by atoms with Crippen molar-refractivity contribution >= 4 is 25.2 Å². The molecule has 0 saturated heterocycles. The molecule has 0 unspecified atom stereocenters. The molecule has 1 aromatic carbocycles. The molecule has 0 bridgehead atoms. The second-order valence-electron chi connectivity index (χ2n) is 2.89. The Labute approximate surface area is 72.4 Å². The Morgan fingerprint density at radius 3 is 3.00 bits per heavy atom. The lowest BCUT2D eigenvalue weighted by molar-refractivity contribution is 0.991. The molecule has 12 heavy (non-hydrogen) atoms. The zero-order valence-electron chi connectivity index (χ0n) is 6.96. The van der Waals surface area contributed by atoms with Crippen molar-refractivity contribution in [2.45, 2.75) is 0 Å². The molecule has 0 aliphatic carbocycles. The van der Waals surface area contributed by atoms with E-state index in [9.17, 15) is 0 Å². The summed E-state index contributed by atoms with van der Waals surface area (Å²) in [5.74, 6) is 0. The number of hydrogen-bond acceptors (Lipinski definition) is 2. The fourth-order valence-corrected chi connectivity index (χ4v) is 1.45. The molecule has 1 N–H and O–H groups in total. The van der Waals surface area contributed by atoms with Crippen LogP contribution < -0.4 is 10.9 Å². The first-order valence-corrected chi connectivity index (χ1v) is 3.87. The first-order chi connectivity index (χ1) is 5.79. The SMILES string of the molecule is Bc1cccc2c1C(=C)NN=C2. The smallest absolute Gasteiger partial charge is 0.140 e. The number of nitrogens with one attached hydrogen (secondary N) is 1. The van der Waals surface area contributed by atoms with Gasteiger partial charge in [-0.3, -0.25) is 5.43 Å². The molecule has 0 fully saturated rings. The quantitative estimate of drug-likeness (QED) is 0.519. The van der Waals surface area contributed by atoms with Crippen LogP contribution in [0.1, 0.15) is 11.1 Å². The zero-order chi connectivity index (χ0) is 8.55. The third-order valence-electron chi connectivity index (χ3n) is 2.01. The molecule has 0 saturated carbocycles. The van der Waals surface area contributed by atoms with Gasteiger partial charge in [-0.25, -0.2) is 0 Å². The maximum absolute atomic E-state index is 3.97. The summed E-state index contributed by atoms with van der Waals surface area (Å²) in [5.41, 5.74) is 7.28. The van der Waals surface area contributed by atoms with Crippen LogP contribution in [0.4, 0.5) is 0 Å². The first kappa shape index (κ1) is 7.16. The van der Waals surface area contributed by atoms with E-state index in [0.29, 0.717) is 0 Å². The highest BCUT2D eigenvalue weighted by Crippen LogP contribution is 2.14. The van der Waals surface area contributed by atoms with Crippen molar-refractivity contribution in [2.75, 3.05) is 0 Å². The largest absolute Gasteiger partial charge is 0.278 e. The molecule has 0 aromatic heterocycles. The number of nitrogens with zero attached hydrogens (tertiary/aromatic N) is 1. The van der Waals surface area contributed by atoms with Gasteiger partial charge in [0.05, 0.1) is 11.9 Å². The van der Waals surface area contributed by atoms with Gasteiger partial charge in [0.25, 0.3) is 0 Å². The molecule has 0 amide bonds. The Morgan fingerprint density at radius 1 is 1.42 bits per heavy atom. The van der Waals surface area contributed by atoms with E-state index in [1.807, 2.05) is 18.3 Å². The minimum Gasteiger partial charge on any atom is -0.278 e. The van der Waals surface area contributed by atoms with E-state index in [1.54, 1.807) is 0 Å². The Bertz CT molecular complexity index is 369. The summed E-state index contributed by atoms with van der Waals surface area (Å²) < 4.78 is 0. The molecular formula is C9H9BN2. The van der Waals surface area contributed by atoms with Crippen LogP contribution in [-0.4, -0.2) is 14.1 Å². The monoisotopic (exact) mass is 156 g/mol. The van der Waals surface area contributed by atoms with Crippen LogP contribution in [0.2, 0.25) is 0 Å². The normalized spacial score (nSPS) is 13.8. The lowest BCUT2D eigenvalue weighted by Gasteiger charge is -2.15. The van der Waals surface area contributed by atoms with Crippen molar-refractivity contribution in [3.8, 4) is 0 Å². The van der Waals surface area contributed by atoms with E-state index in [1.165, 1.54) is 11.0 Å². The Kier molecular flexibility index (Phi) is 1.50. The summed E-state index contributed by atoms with van der Waals surface area (Å²) in [6.07, 6.45) is 1.82. The van der Waals surface area contributed by atoms with Crippen LogP contribution in [-0.2, 0) is 0 Å². The molecule has 1 heterocycles. The van der Waals surface area contributed by atoms with Crippen molar-refractivity contribution in [1.29, 1.82) is 0 Å². The van der Waals surface area contributed by atoms with Crippen molar-refractivity contribution < 1.29 is 0 Å². The minimum absolute atomic E-state index is 0.880. The summed E-state index contributed by atoms with van der Waals surface area (Å²) >= 11 is 0. The highest BCUT2D eigenvalue weighted by molar-refractivity contribution is 6.35. The van der Waals surface area contributed by atoms with E-state index in [-0.39, 0.29) is 0 Å². The van der Waals surface area contributed by atoms with Crippen molar-refractivity contribution in [2.24, 2.45) is 5.10 Å². The fourth-order valence-electron chi connectivity index (χ4n) is 1.45. The number of rotatable bonds is 0. The van der Waals surface area contributed by atoms with Crippen molar-refractivity contribution in [3.63, 3.8) is 0 Å². The van der Waals surface area contributed by atoms with Gasteiger partial charge in [-0.15, -0.1) is 0 Å². The highest BCUT2D eigenvalue weighted by Gasteiger charge is 2.09. The number of fused-ring (bicyclic) bond motifs is 1. The average molecular weight is 156 g/mol. The zero-order valence-corrected chi connectivity index (χ0v) is 6.96. The van der Waals surface area contributed by atoms with Crippen LogP contribution in [0, 0.1) is 0 Å². The van der Waals surface area contributed by atoms with Gasteiger partial charge in [-0.1, -0.05) is 30.2 Å². The van der Waals surface area contributed by atoms with Crippen molar-refractivity contribution in [3.05, 3.63) is 35.9 Å². The maximum atomic E-state index is 3.97. The number of hydrazone groups is 1. The molecule has 3 heteroatoms. The summed E-state index contributed by atoms with van der Waals surface area (Å²) in [5, 5.41) is 3.97. The van der Waals surface area contributed by atoms with Crippen molar-refractivity contribution in [1.82, 2.24) is 5.43 Å². The molecule has 2 nitrogen and oxygen atoms in total. The maximum Gasteiger partial charge on any atom is 0.140 e. The molecule has 2 rings (SSSR count). The van der Waals surface area contributed by atoms with Gasteiger partial charge in [0.15, 0.2) is 0 Å². The number of hydrogen-bond donors (Lipinski definition) is 1. The average Bonchev–Trinajstić information content (AvgIpc) is 2.04. The second-order valence-corrected chi connectivity index (χ2v) is 2.89. The molecule has 0 spiro atoms. The standard InChI is InChI=1S/C9H9BN2/c1-6-9-7(5-11-12-6)3-2-4-8(9)10/h2-5,12H,1,10H2. The van der Waals surface area contributed by atoms with Crippen LogP contribution in [0.3, 0.4) is 0 Å². The molecule has 0 radical (unpaired) electrons. The van der Waals surface area contributed by atoms with Gasteiger partial charge in [0, 0.05) is 11.1 Å². The first-order valence-electron chi connectivity index (χ1n) is 3.87. The molecule has 58 valence electrons. The Balaban J connectivity index is 2.70. The van der Waals surface area contributed by atoms with E-state index in [0.717, 1.165) is 11.3 Å². The van der Waals surface area contributed by atoms with Crippen LogP contribution in [0.25, 0.3) is 5.70 Å². The summed E-state index contributed by atoms with van der Waals surface area (Å²) in [7, 11) is 2.07. The molecule has 1 aliphatic rings. The molecule has 0 atom stereocenters. The van der Waals surface area contributed by atoms with E-state index >= 15 is 0 Å². The van der Waals surface area contributed by atoms with E-state index in [2.05, 4.69) is 31.0 Å². The Morgan fingerprint density at radius 2 is 2.25 bits per heavy atom. The summed E-state index contributed by atoms with van der Waals surface area (Å²) in [4.78, 5) is 0. The summed E-state index contributed by atoms with van der Waals surface area (Å²) in [6.45, 7) is 3.89. The van der Waals surface area contributed by atoms with Gasteiger partial charge in [0.2, 0.25) is 0 Å². The molecule has 1 aliphatic heterocycles. The Hall–Kier alpha value is -1.51. The highest BCUT2D eigenvalue weighted by atomic mass is 15.3. The predicted molar refractivity (Wildman–Crippen MR) is 54.4 cm³/mol. The molecule has 1 aromatic rings. The van der Waals surface area contributed by atoms with E-state index in [4.69, 9.17) is 0 Å². The van der Waals surface area contributed by atoms with Gasteiger partial charge in [-0.2, -0.15) is 5.10 Å². The van der Waals surface area contributed by atoms with Gasteiger partial charge < -0.3 is 0 Å². The fraction of sp³-hybridized carbons (Fsp3) is 0. The van der Waals surface area contributed by atoms with Gasteiger partial charge >= 0.3 is 0 Å². The second kappa shape index (κ2) is 2.52. The predicted octanol–water partition coefficient (Wildman–Crippen LogP) is -0.147. The third-order valence-corrected chi connectivity index (χ3v) is 2.01.